The molecule has 0 aromatic heterocycles. The average molecular weight is 240 g/mol. The van der Waals surface area contributed by atoms with Gasteiger partial charge >= 0.3 is 0 Å². The van der Waals surface area contributed by atoms with E-state index in [1.54, 1.807) is 19.2 Å². The molecule has 0 bridgehead atoms. The van der Waals surface area contributed by atoms with Crippen molar-refractivity contribution in [3.63, 3.8) is 0 Å². The molecule has 16 heavy (non-hydrogen) atoms. The first kappa shape index (κ1) is 11.1. The van der Waals surface area contributed by atoms with Crippen molar-refractivity contribution in [3.05, 3.63) is 23.8 Å². The highest BCUT2D eigenvalue weighted by atomic mass is 35.5. The van der Waals surface area contributed by atoms with Crippen LogP contribution in [-0.2, 0) is 0 Å². The van der Waals surface area contributed by atoms with Crippen LogP contribution in [-0.4, -0.2) is 12.7 Å². The van der Waals surface area contributed by atoms with Crippen molar-refractivity contribution in [2.24, 2.45) is 0 Å². The fourth-order valence-electron chi connectivity index (χ4n) is 1.72. The van der Waals surface area contributed by atoms with Gasteiger partial charge in [-0.05, 0) is 26.0 Å². The summed E-state index contributed by atoms with van der Waals surface area (Å²) in [4.78, 5) is 0. The first-order valence-electron chi connectivity index (χ1n) is 4.98. The van der Waals surface area contributed by atoms with E-state index in [0.717, 1.165) is 5.56 Å². The Bertz CT molecular complexity index is 466. The number of hydrogen-bond acceptors (Lipinski definition) is 3. The summed E-state index contributed by atoms with van der Waals surface area (Å²) >= 11 is 6.18. The van der Waals surface area contributed by atoms with Crippen LogP contribution in [0.3, 0.4) is 0 Å². The quantitative estimate of drug-likeness (QED) is 0.767. The van der Waals surface area contributed by atoms with E-state index < -0.39 is 5.60 Å². The number of nitrogen functional groups attached to an aromatic ring is 1. The van der Waals surface area contributed by atoms with Gasteiger partial charge in [-0.3, -0.25) is 0 Å². The maximum atomic E-state index is 6.18. The van der Waals surface area contributed by atoms with Gasteiger partial charge < -0.3 is 15.2 Å². The summed E-state index contributed by atoms with van der Waals surface area (Å²) in [6.07, 6.45) is 1.86. The number of anilines is 1. The molecule has 1 aromatic carbocycles. The second-order valence-corrected chi connectivity index (χ2v) is 4.70. The fourth-order valence-corrected chi connectivity index (χ4v) is 2.13. The Balaban J connectivity index is 2.58. The summed E-state index contributed by atoms with van der Waals surface area (Å²) in [7, 11) is 1.57. The molecular formula is C12H14ClNO2. The molecule has 0 aliphatic carbocycles. The highest BCUT2D eigenvalue weighted by Gasteiger charge is 2.26. The lowest BCUT2D eigenvalue weighted by Gasteiger charge is -2.29. The Morgan fingerprint density at radius 3 is 2.69 bits per heavy atom. The molecule has 0 unspecified atom stereocenters. The molecule has 4 heteroatoms. The standard InChI is InChI=1S/C12H14ClNO2/c1-12(2)6-8(13)7-4-9(14)11(15-3)5-10(7)16-12/h4-6H,14H2,1-3H3. The van der Waals surface area contributed by atoms with Gasteiger partial charge in [0, 0.05) is 11.6 Å². The fraction of sp³-hybridized carbons (Fsp3) is 0.333. The van der Waals surface area contributed by atoms with Crippen LogP contribution < -0.4 is 15.2 Å². The van der Waals surface area contributed by atoms with Gasteiger partial charge in [0.1, 0.15) is 17.1 Å². The van der Waals surface area contributed by atoms with Gasteiger partial charge in [-0.2, -0.15) is 0 Å². The molecule has 1 aliphatic heterocycles. The largest absolute Gasteiger partial charge is 0.494 e. The molecule has 0 saturated heterocycles. The molecule has 3 nitrogen and oxygen atoms in total. The summed E-state index contributed by atoms with van der Waals surface area (Å²) in [5.41, 5.74) is 6.76. The smallest absolute Gasteiger partial charge is 0.145 e. The van der Waals surface area contributed by atoms with Crippen LogP contribution in [0.15, 0.2) is 18.2 Å². The van der Waals surface area contributed by atoms with Gasteiger partial charge in [-0.25, -0.2) is 0 Å². The van der Waals surface area contributed by atoms with Crippen molar-refractivity contribution in [2.75, 3.05) is 12.8 Å². The Hall–Kier alpha value is -1.35. The predicted molar refractivity (Wildman–Crippen MR) is 65.9 cm³/mol. The Kier molecular flexibility index (Phi) is 2.50. The van der Waals surface area contributed by atoms with Crippen molar-refractivity contribution in [3.8, 4) is 11.5 Å². The van der Waals surface area contributed by atoms with E-state index in [1.807, 2.05) is 19.9 Å². The van der Waals surface area contributed by atoms with Crippen molar-refractivity contribution in [2.45, 2.75) is 19.4 Å². The molecule has 2 N–H and O–H groups in total. The maximum Gasteiger partial charge on any atom is 0.145 e. The summed E-state index contributed by atoms with van der Waals surface area (Å²) < 4.78 is 10.9. The van der Waals surface area contributed by atoms with Crippen molar-refractivity contribution < 1.29 is 9.47 Å². The molecule has 0 spiro atoms. The molecular weight excluding hydrogens is 226 g/mol. The molecule has 86 valence electrons. The van der Waals surface area contributed by atoms with Crippen LogP contribution in [0.25, 0.3) is 5.03 Å². The van der Waals surface area contributed by atoms with Crippen LogP contribution in [0.4, 0.5) is 5.69 Å². The lowest BCUT2D eigenvalue weighted by Crippen LogP contribution is -2.28. The molecule has 1 aliphatic rings. The number of rotatable bonds is 1. The van der Waals surface area contributed by atoms with Crippen LogP contribution in [0.1, 0.15) is 19.4 Å². The van der Waals surface area contributed by atoms with Crippen molar-refractivity contribution >= 4 is 22.3 Å². The minimum absolute atomic E-state index is 0.411. The van der Waals surface area contributed by atoms with Gasteiger partial charge in [-0.1, -0.05) is 11.6 Å². The topological polar surface area (TPSA) is 44.5 Å². The predicted octanol–water partition coefficient (Wildman–Crippen LogP) is 3.03. The van der Waals surface area contributed by atoms with E-state index in [9.17, 15) is 0 Å². The third-order valence-corrected chi connectivity index (χ3v) is 2.75. The Morgan fingerprint density at radius 2 is 2.06 bits per heavy atom. The van der Waals surface area contributed by atoms with Gasteiger partial charge in [-0.15, -0.1) is 0 Å². The monoisotopic (exact) mass is 239 g/mol. The van der Waals surface area contributed by atoms with Crippen LogP contribution in [0.2, 0.25) is 0 Å². The third-order valence-electron chi connectivity index (χ3n) is 2.44. The van der Waals surface area contributed by atoms with Crippen molar-refractivity contribution in [1.29, 1.82) is 0 Å². The van der Waals surface area contributed by atoms with Crippen LogP contribution >= 0.6 is 11.6 Å². The second kappa shape index (κ2) is 3.59. The molecule has 2 rings (SSSR count). The van der Waals surface area contributed by atoms with Gasteiger partial charge in [0.15, 0.2) is 0 Å². The van der Waals surface area contributed by atoms with E-state index in [0.29, 0.717) is 22.2 Å². The second-order valence-electron chi connectivity index (χ2n) is 4.29. The third kappa shape index (κ3) is 1.83. The normalized spacial score (nSPS) is 17.1. The molecule has 1 heterocycles. The zero-order chi connectivity index (χ0) is 11.9. The van der Waals surface area contributed by atoms with E-state index in [2.05, 4.69) is 0 Å². The lowest BCUT2D eigenvalue weighted by molar-refractivity contribution is 0.158. The number of benzene rings is 1. The summed E-state index contributed by atoms with van der Waals surface area (Å²) in [6.45, 7) is 3.89. The molecule has 0 radical (unpaired) electrons. The minimum Gasteiger partial charge on any atom is -0.494 e. The Labute approximate surface area is 99.8 Å². The first-order chi connectivity index (χ1) is 7.43. The van der Waals surface area contributed by atoms with E-state index in [4.69, 9.17) is 26.8 Å². The molecule has 0 amide bonds. The Morgan fingerprint density at radius 1 is 1.38 bits per heavy atom. The number of methoxy groups -OCH3 is 1. The molecule has 0 atom stereocenters. The summed E-state index contributed by atoms with van der Waals surface area (Å²) in [5.74, 6) is 1.30. The van der Waals surface area contributed by atoms with E-state index in [-0.39, 0.29) is 0 Å². The summed E-state index contributed by atoms with van der Waals surface area (Å²) in [5, 5.41) is 0.653. The van der Waals surface area contributed by atoms with Crippen molar-refractivity contribution in [1.82, 2.24) is 0 Å². The molecule has 0 saturated carbocycles. The number of nitrogens with two attached hydrogens (primary N) is 1. The first-order valence-corrected chi connectivity index (χ1v) is 5.36. The average Bonchev–Trinajstić information content (AvgIpc) is 2.17. The zero-order valence-corrected chi connectivity index (χ0v) is 10.3. The van der Waals surface area contributed by atoms with Crippen LogP contribution in [0, 0.1) is 0 Å². The minimum atomic E-state index is -0.411. The van der Waals surface area contributed by atoms with Gasteiger partial charge in [0.2, 0.25) is 0 Å². The lowest BCUT2D eigenvalue weighted by atomic mass is 10.0. The highest BCUT2D eigenvalue weighted by Crippen LogP contribution is 2.42. The van der Waals surface area contributed by atoms with E-state index in [1.165, 1.54) is 0 Å². The number of halogens is 1. The zero-order valence-electron chi connectivity index (χ0n) is 9.50. The number of hydrogen-bond donors (Lipinski definition) is 1. The van der Waals surface area contributed by atoms with E-state index >= 15 is 0 Å². The van der Waals surface area contributed by atoms with Crippen LogP contribution in [0.5, 0.6) is 11.5 Å². The number of fused-ring (bicyclic) bond motifs is 1. The maximum absolute atomic E-state index is 6.18. The van der Waals surface area contributed by atoms with Gasteiger partial charge in [0.25, 0.3) is 0 Å². The van der Waals surface area contributed by atoms with Gasteiger partial charge in [0.05, 0.1) is 17.8 Å². The molecule has 0 fully saturated rings. The molecule has 1 aromatic rings. The highest BCUT2D eigenvalue weighted by molar-refractivity contribution is 6.49. The summed E-state index contributed by atoms with van der Waals surface area (Å²) in [6, 6.07) is 3.53. The number of ether oxygens (including phenoxy) is 2. The SMILES string of the molecule is COc1cc2c(cc1N)C(Cl)=CC(C)(C)O2.